The first kappa shape index (κ1) is 9.84. The zero-order chi connectivity index (χ0) is 9.97. The Morgan fingerprint density at radius 1 is 1.71 bits per heavy atom. The van der Waals surface area contributed by atoms with Crippen LogP contribution in [-0.2, 0) is 5.88 Å². The Kier molecular flexibility index (Phi) is 2.96. The first-order valence-electron chi connectivity index (χ1n) is 5.12. The van der Waals surface area contributed by atoms with Crippen LogP contribution in [0.4, 0.5) is 6.01 Å². The Bertz CT molecular complexity index is 300. The predicted octanol–water partition coefficient (Wildman–Crippen LogP) is 2.79. The molecule has 0 saturated carbocycles. The first-order valence-corrected chi connectivity index (χ1v) is 5.65. The van der Waals surface area contributed by atoms with Crippen LogP contribution in [0.3, 0.4) is 0 Å². The van der Waals surface area contributed by atoms with Crippen molar-refractivity contribution in [3.05, 3.63) is 12.0 Å². The van der Waals surface area contributed by atoms with E-state index in [1.807, 2.05) is 0 Å². The van der Waals surface area contributed by atoms with Crippen LogP contribution in [0, 0.1) is 0 Å². The van der Waals surface area contributed by atoms with Gasteiger partial charge < -0.3 is 9.32 Å². The van der Waals surface area contributed by atoms with Gasteiger partial charge in [0.1, 0.15) is 6.26 Å². The van der Waals surface area contributed by atoms with Crippen LogP contribution in [0.15, 0.2) is 10.7 Å². The molecule has 1 fully saturated rings. The van der Waals surface area contributed by atoms with Gasteiger partial charge in [0.2, 0.25) is 0 Å². The number of oxazole rings is 1. The van der Waals surface area contributed by atoms with Crippen molar-refractivity contribution in [2.45, 2.75) is 38.1 Å². The molecule has 14 heavy (non-hydrogen) atoms. The summed E-state index contributed by atoms with van der Waals surface area (Å²) in [7, 11) is 0. The lowest BCUT2D eigenvalue weighted by Gasteiger charge is -2.20. The maximum absolute atomic E-state index is 5.68. The van der Waals surface area contributed by atoms with Crippen molar-refractivity contribution in [3.63, 3.8) is 0 Å². The summed E-state index contributed by atoms with van der Waals surface area (Å²) < 4.78 is 5.40. The fraction of sp³-hybridized carbons (Fsp3) is 0.700. The lowest BCUT2D eigenvalue weighted by atomic mass is 10.2. The molecular formula is C10H15ClN2O. The van der Waals surface area contributed by atoms with Gasteiger partial charge >= 0.3 is 0 Å². The van der Waals surface area contributed by atoms with Gasteiger partial charge in [-0.25, -0.2) is 0 Å². The highest BCUT2D eigenvalue weighted by atomic mass is 35.5. The van der Waals surface area contributed by atoms with Crippen LogP contribution in [0.5, 0.6) is 0 Å². The summed E-state index contributed by atoms with van der Waals surface area (Å²) in [6.45, 7) is 3.26. The molecule has 0 spiro atoms. The minimum Gasteiger partial charge on any atom is -0.432 e. The standard InChI is InChI=1S/C10H15ClN2O/c1-2-9-4-3-5-13(9)10-12-8(6-11)7-14-10/h7,9H,2-6H2,1H3. The van der Waals surface area contributed by atoms with E-state index in [1.54, 1.807) is 6.26 Å². The summed E-state index contributed by atoms with van der Waals surface area (Å²) in [5, 5.41) is 0. The van der Waals surface area contributed by atoms with E-state index >= 15 is 0 Å². The molecule has 0 radical (unpaired) electrons. The fourth-order valence-corrected chi connectivity index (χ4v) is 2.12. The van der Waals surface area contributed by atoms with Gasteiger partial charge in [-0.2, -0.15) is 4.98 Å². The van der Waals surface area contributed by atoms with E-state index in [2.05, 4.69) is 16.8 Å². The molecule has 2 rings (SSSR count). The molecule has 1 unspecified atom stereocenters. The minimum atomic E-state index is 0.425. The van der Waals surface area contributed by atoms with Gasteiger partial charge in [-0.3, -0.25) is 0 Å². The number of nitrogens with zero attached hydrogens (tertiary/aromatic N) is 2. The molecule has 3 nitrogen and oxygen atoms in total. The van der Waals surface area contributed by atoms with E-state index in [4.69, 9.17) is 16.0 Å². The van der Waals surface area contributed by atoms with Gasteiger partial charge in [0, 0.05) is 12.6 Å². The first-order chi connectivity index (χ1) is 6.85. The van der Waals surface area contributed by atoms with Crippen molar-refractivity contribution in [2.75, 3.05) is 11.4 Å². The summed E-state index contributed by atoms with van der Waals surface area (Å²) in [5.41, 5.74) is 0.823. The Balaban J connectivity index is 2.13. The molecule has 0 aliphatic carbocycles. The highest BCUT2D eigenvalue weighted by Gasteiger charge is 2.26. The van der Waals surface area contributed by atoms with Gasteiger partial charge in [0.25, 0.3) is 6.01 Å². The molecule has 0 bridgehead atoms. The van der Waals surface area contributed by atoms with Crippen molar-refractivity contribution >= 4 is 17.6 Å². The van der Waals surface area contributed by atoms with Crippen LogP contribution in [0.1, 0.15) is 31.9 Å². The predicted molar refractivity (Wildman–Crippen MR) is 56.7 cm³/mol. The Hall–Kier alpha value is -0.700. The molecule has 0 N–H and O–H groups in total. The Labute approximate surface area is 89.1 Å². The summed E-state index contributed by atoms with van der Waals surface area (Å²) in [4.78, 5) is 6.58. The number of hydrogen-bond donors (Lipinski definition) is 0. The highest BCUT2D eigenvalue weighted by Crippen LogP contribution is 2.26. The van der Waals surface area contributed by atoms with Gasteiger partial charge in [0.05, 0.1) is 11.6 Å². The van der Waals surface area contributed by atoms with Crippen LogP contribution in [0.25, 0.3) is 0 Å². The van der Waals surface area contributed by atoms with E-state index in [9.17, 15) is 0 Å². The smallest absolute Gasteiger partial charge is 0.297 e. The van der Waals surface area contributed by atoms with E-state index in [-0.39, 0.29) is 0 Å². The molecule has 78 valence electrons. The molecule has 1 aromatic rings. The normalized spacial score (nSPS) is 21.9. The number of halogens is 1. The Morgan fingerprint density at radius 3 is 3.21 bits per heavy atom. The van der Waals surface area contributed by atoms with Crippen LogP contribution < -0.4 is 4.90 Å². The van der Waals surface area contributed by atoms with Crippen LogP contribution in [-0.4, -0.2) is 17.6 Å². The number of rotatable bonds is 3. The van der Waals surface area contributed by atoms with E-state index in [0.29, 0.717) is 11.9 Å². The molecular weight excluding hydrogens is 200 g/mol. The number of alkyl halides is 1. The third-order valence-corrected chi connectivity index (χ3v) is 3.04. The van der Waals surface area contributed by atoms with E-state index in [1.165, 1.54) is 12.8 Å². The van der Waals surface area contributed by atoms with Crippen molar-refractivity contribution in [1.29, 1.82) is 0 Å². The van der Waals surface area contributed by atoms with Crippen molar-refractivity contribution in [2.24, 2.45) is 0 Å². The van der Waals surface area contributed by atoms with Crippen LogP contribution in [0.2, 0.25) is 0 Å². The molecule has 1 aliphatic rings. The lowest BCUT2D eigenvalue weighted by molar-refractivity contribution is 0.515. The summed E-state index contributed by atoms with van der Waals surface area (Å²) in [5.74, 6) is 0.425. The maximum atomic E-state index is 5.68. The monoisotopic (exact) mass is 214 g/mol. The van der Waals surface area contributed by atoms with Gasteiger partial charge in [-0.05, 0) is 19.3 Å². The second kappa shape index (κ2) is 4.22. The lowest BCUT2D eigenvalue weighted by Crippen LogP contribution is -2.28. The zero-order valence-electron chi connectivity index (χ0n) is 8.37. The topological polar surface area (TPSA) is 29.3 Å². The summed E-state index contributed by atoms with van der Waals surface area (Å²) in [6.07, 6.45) is 5.28. The molecule has 4 heteroatoms. The average molecular weight is 215 g/mol. The third-order valence-electron chi connectivity index (χ3n) is 2.77. The zero-order valence-corrected chi connectivity index (χ0v) is 9.13. The van der Waals surface area contributed by atoms with Gasteiger partial charge in [-0.15, -0.1) is 11.6 Å². The van der Waals surface area contributed by atoms with E-state index in [0.717, 1.165) is 24.7 Å². The quantitative estimate of drug-likeness (QED) is 0.725. The molecule has 1 aliphatic heterocycles. The molecule has 0 aromatic carbocycles. The minimum absolute atomic E-state index is 0.425. The largest absolute Gasteiger partial charge is 0.432 e. The molecule has 1 saturated heterocycles. The summed E-state index contributed by atoms with van der Waals surface area (Å²) >= 11 is 5.68. The van der Waals surface area contributed by atoms with Crippen molar-refractivity contribution in [1.82, 2.24) is 4.98 Å². The molecule has 1 atom stereocenters. The fourth-order valence-electron chi connectivity index (χ4n) is 2.00. The molecule has 1 aromatic heterocycles. The summed E-state index contributed by atoms with van der Waals surface area (Å²) in [6, 6.07) is 1.34. The second-order valence-electron chi connectivity index (χ2n) is 3.65. The highest BCUT2D eigenvalue weighted by molar-refractivity contribution is 6.16. The number of aromatic nitrogens is 1. The average Bonchev–Trinajstić information content (AvgIpc) is 2.85. The van der Waals surface area contributed by atoms with Crippen molar-refractivity contribution in [3.8, 4) is 0 Å². The third kappa shape index (κ3) is 1.73. The molecule has 2 heterocycles. The SMILES string of the molecule is CCC1CCCN1c1nc(CCl)co1. The molecule has 0 amide bonds. The van der Waals surface area contributed by atoms with Crippen LogP contribution >= 0.6 is 11.6 Å². The maximum Gasteiger partial charge on any atom is 0.297 e. The number of hydrogen-bond acceptors (Lipinski definition) is 3. The van der Waals surface area contributed by atoms with Gasteiger partial charge in [-0.1, -0.05) is 6.92 Å². The number of anilines is 1. The second-order valence-corrected chi connectivity index (χ2v) is 3.92. The van der Waals surface area contributed by atoms with Gasteiger partial charge in [0.15, 0.2) is 0 Å². The Morgan fingerprint density at radius 2 is 2.57 bits per heavy atom. The van der Waals surface area contributed by atoms with Crippen molar-refractivity contribution < 1.29 is 4.42 Å². The van der Waals surface area contributed by atoms with E-state index < -0.39 is 0 Å².